The minimum absolute atomic E-state index is 0.0693. The molecule has 0 bridgehead atoms. The number of nitrogens with zero attached hydrogens (tertiary/aromatic N) is 1. The van der Waals surface area contributed by atoms with Gasteiger partial charge in [0.1, 0.15) is 0 Å². The molecule has 1 aromatic carbocycles. The highest BCUT2D eigenvalue weighted by Crippen LogP contribution is 2.26. The van der Waals surface area contributed by atoms with Gasteiger partial charge in [-0.15, -0.1) is 6.58 Å². The second kappa shape index (κ2) is 12.0. The van der Waals surface area contributed by atoms with E-state index < -0.39 is 11.0 Å². The van der Waals surface area contributed by atoms with E-state index in [2.05, 4.69) is 42.2 Å². The third kappa shape index (κ3) is 7.56. The zero-order valence-corrected chi connectivity index (χ0v) is 18.3. The summed E-state index contributed by atoms with van der Waals surface area (Å²) in [5.41, 5.74) is 2.97. The van der Waals surface area contributed by atoms with Crippen molar-refractivity contribution in [2.45, 2.75) is 52.4 Å². The molecular formula is C21H28INO4. The highest BCUT2D eigenvalue weighted by Gasteiger charge is 2.22. The van der Waals surface area contributed by atoms with E-state index in [4.69, 9.17) is 4.74 Å². The van der Waals surface area contributed by atoms with Crippen LogP contribution in [-0.4, -0.2) is 22.2 Å². The van der Waals surface area contributed by atoms with Gasteiger partial charge in [0.05, 0.1) is 23.7 Å². The fraction of sp³-hybridized carbons (Fsp3) is 0.429. The van der Waals surface area contributed by atoms with Crippen LogP contribution in [0.25, 0.3) is 0 Å². The number of ether oxygens (including phenoxy) is 1. The lowest BCUT2D eigenvalue weighted by Crippen LogP contribution is -2.24. The maximum Gasteiger partial charge on any atom is 0.269 e. The quantitative estimate of drug-likeness (QED) is 0.188. The van der Waals surface area contributed by atoms with Crippen molar-refractivity contribution in [1.29, 1.82) is 0 Å². The lowest BCUT2D eigenvalue weighted by Gasteiger charge is -2.26. The maximum absolute atomic E-state index is 10.8. The molecule has 0 saturated heterocycles. The number of aliphatic hydroxyl groups excluding tert-OH is 1. The summed E-state index contributed by atoms with van der Waals surface area (Å²) in [5.74, 6) is 0.119. The van der Waals surface area contributed by atoms with Crippen LogP contribution < -0.4 is 0 Å². The molecule has 1 rings (SSSR count). The van der Waals surface area contributed by atoms with Crippen LogP contribution in [0, 0.1) is 16.0 Å². The molecule has 0 aliphatic heterocycles. The molecule has 0 aliphatic carbocycles. The van der Waals surface area contributed by atoms with Crippen LogP contribution >= 0.6 is 22.6 Å². The molecule has 3 atom stereocenters. The van der Waals surface area contributed by atoms with Crippen LogP contribution in [0.3, 0.4) is 0 Å². The van der Waals surface area contributed by atoms with Gasteiger partial charge in [0.15, 0.2) is 0 Å². The SMILES string of the molecule is C=CC[C@H](O)/C(C)=C/[C@H](CC)[C@@H](OCc1ccc([N+](=O)[O-])cc1)/C(C)=C/I. The van der Waals surface area contributed by atoms with E-state index in [0.717, 1.165) is 23.1 Å². The van der Waals surface area contributed by atoms with Crippen molar-refractivity contribution < 1.29 is 14.8 Å². The van der Waals surface area contributed by atoms with E-state index in [1.165, 1.54) is 12.1 Å². The van der Waals surface area contributed by atoms with E-state index in [-0.39, 0.29) is 17.7 Å². The fourth-order valence-electron chi connectivity index (χ4n) is 2.77. The number of rotatable bonds is 11. The van der Waals surface area contributed by atoms with Crippen LogP contribution in [0.4, 0.5) is 5.69 Å². The number of aliphatic hydroxyl groups is 1. The van der Waals surface area contributed by atoms with Crippen molar-refractivity contribution >= 4 is 28.3 Å². The van der Waals surface area contributed by atoms with E-state index in [1.807, 2.05) is 17.9 Å². The van der Waals surface area contributed by atoms with Gasteiger partial charge in [-0.1, -0.05) is 41.7 Å². The van der Waals surface area contributed by atoms with E-state index in [0.29, 0.717) is 13.0 Å². The Kier molecular flexibility index (Phi) is 10.5. The van der Waals surface area contributed by atoms with Gasteiger partial charge in [-0.3, -0.25) is 10.1 Å². The average Bonchev–Trinajstić information content (AvgIpc) is 2.67. The Balaban J connectivity index is 2.94. The molecule has 6 heteroatoms. The molecule has 0 aliphatic rings. The fourth-order valence-corrected chi connectivity index (χ4v) is 3.12. The first-order chi connectivity index (χ1) is 12.8. The molecule has 0 radical (unpaired) electrons. The van der Waals surface area contributed by atoms with Gasteiger partial charge >= 0.3 is 0 Å². The second-order valence-electron chi connectivity index (χ2n) is 6.53. The van der Waals surface area contributed by atoms with Crippen molar-refractivity contribution in [1.82, 2.24) is 0 Å². The first-order valence-corrected chi connectivity index (χ1v) is 10.2. The first kappa shape index (κ1) is 23.5. The van der Waals surface area contributed by atoms with Gasteiger partial charge in [0, 0.05) is 18.1 Å². The van der Waals surface area contributed by atoms with Gasteiger partial charge in [0.2, 0.25) is 0 Å². The summed E-state index contributed by atoms with van der Waals surface area (Å²) in [6.07, 6.45) is 4.52. The van der Waals surface area contributed by atoms with Crippen LogP contribution in [0.5, 0.6) is 0 Å². The number of benzene rings is 1. The van der Waals surface area contributed by atoms with Gasteiger partial charge in [0.25, 0.3) is 5.69 Å². The van der Waals surface area contributed by atoms with Crippen LogP contribution in [0.1, 0.15) is 39.2 Å². The highest BCUT2D eigenvalue weighted by atomic mass is 127. The summed E-state index contributed by atoms with van der Waals surface area (Å²) in [7, 11) is 0. The Hall–Kier alpha value is -1.51. The lowest BCUT2D eigenvalue weighted by atomic mass is 9.91. The Morgan fingerprint density at radius 3 is 2.44 bits per heavy atom. The minimum Gasteiger partial charge on any atom is -0.388 e. The Labute approximate surface area is 175 Å². The van der Waals surface area contributed by atoms with E-state index in [1.54, 1.807) is 18.2 Å². The largest absolute Gasteiger partial charge is 0.388 e. The van der Waals surface area contributed by atoms with Crippen molar-refractivity contribution in [2.24, 2.45) is 5.92 Å². The third-order valence-electron chi connectivity index (χ3n) is 4.45. The maximum atomic E-state index is 10.8. The predicted octanol–water partition coefficient (Wildman–Crippen LogP) is 5.73. The molecule has 0 heterocycles. The third-order valence-corrected chi connectivity index (χ3v) is 5.43. The molecule has 0 amide bonds. The van der Waals surface area contributed by atoms with Gasteiger partial charge in [-0.05, 0) is 59.6 Å². The van der Waals surface area contributed by atoms with E-state index >= 15 is 0 Å². The molecule has 5 nitrogen and oxygen atoms in total. The average molecular weight is 485 g/mol. The lowest BCUT2D eigenvalue weighted by molar-refractivity contribution is -0.384. The number of hydrogen-bond donors (Lipinski definition) is 1. The summed E-state index contributed by atoms with van der Waals surface area (Å²) in [6.45, 7) is 10.1. The molecule has 27 heavy (non-hydrogen) atoms. The molecule has 0 unspecified atom stereocenters. The Morgan fingerprint density at radius 1 is 1.33 bits per heavy atom. The Morgan fingerprint density at radius 2 is 1.96 bits per heavy atom. The molecule has 0 aromatic heterocycles. The molecular weight excluding hydrogens is 457 g/mol. The van der Waals surface area contributed by atoms with Crippen molar-refractivity contribution in [2.75, 3.05) is 0 Å². The molecule has 148 valence electrons. The zero-order valence-electron chi connectivity index (χ0n) is 16.1. The molecule has 1 N–H and O–H groups in total. The van der Waals surface area contributed by atoms with Gasteiger partial charge < -0.3 is 9.84 Å². The van der Waals surface area contributed by atoms with Crippen molar-refractivity contribution in [3.05, 3.63) is 73.9 Å². The number of nitro benzene ring substituents is 1. The Bertz CT molecular complexity index is 682. The number of halogens is 1. The standard InChI is InChI=1S/C21H28INO4/c1-5-7-20(24)15(3)12-18(6-2)21(16(4)13-22)27-14-17-8-10-19(11-9-17)23(25)26/h5,8-13,18,20-21,24H,1,6-7,14H2,2-4H3/b15-12+,16-13+/t18-,20-,21-/m0/s1. The molecule has 0 fully saturated rings. The highest BCUT2D eigenvalue weighted by molar-refractivity contribution is 14.1. The molecule has 1 aromatic rings. The van der Waals surface area contributed by atoms with Crippen molar-refractivity contribution in [3.8, 4) is 0 Å². The molecule has 0 saturated carbocycles. The number of hydrogen-bond acceptors (Lipinski definition) is 4. The summed E-state index contributed by atoms with van der Waals surface area (Å²) in [6, 6.07) is 6.41. The first-order valence-electron chi connectivity index (χ1n) is 8.93. The minimum atomic E-state index is -0.532. The smallest absolute Gasteiger partial charge is 0.269 e. The summed E-state index contributed by atoms with van der Waals surface area (Å²) in [5, 5.41) is 20.9. The van der Waals surface area contributed by atoms with Gasteiger partial charge in [-0.2, -0.15) is 0 Å². The number of nitro groups is 1. The van der Waals surface area contributed by atoms with Crippen molar-refractivity contribution in [3.63, 3.8) is 0 Å². The zero-order chi connectivity index (χ0) is 20.4. The van der Waals surface area contributed by atoms with Crippen LogP contribution in [0.15, 0.2) is 58.2 Å². The monoisotopic (exact) mass is 485 g/mol. The normalized spacial score (nSPS) is 15.9. The van der Waals surface area contributed by atoms with Crippen LogP contribution in [-0.2, 0) is 11.3 Å². The summed E-state index contributed by atoms with van der Waals surface area (Å²) >= 11 is 2.20. The van der Waals surface area contributed by atoms with Gasteiger partial charge in [-0.25, -0.2) is 0 Å². The van der Waals surface area contributed by atoms with E-state index in [9.17, 15) is 15.2 Å². The topological polar surface area (TPSA) is 72.6 Å². The summed E-state index contributed by atoms with van der Waals surface area (Å²) < 4.78 is 8.19. The summed E-state index contributed by atoms with van der Waals surface area (Å²) in [4.78, 5) is 10.4. The van der Waals surface area contributed by atoms with Crippen LogP contribution in [0.2, 0.25) is 0 Å². The second-order valence-corrected chi connectivity index (χ2v) is 7.15. The molecule has 0 spiro atoms. The predicted molar refractivity (Wildman–Crippen MR) is 118 cm³/mol. The number of non-ortho nitro benzene ring substituents is 1.